The van der Waals surface area contributed by atoms with Crippen molar-refractivity contribution in [2.45, 2.75) is 32.7 Å². The number of aliphatic carboxylic acids is 1. The second-order valence-electron chi connectivity index (χ2n) is 5.77. The highest BCUT2D eigenvalue weighted by Crippen LogP contribution is 2.12. The van der Waals surface area contributed by atoms with Crippen LogP contribution in [-0.4, -0.2) is 29.1 Å². The van der Waals surface area contributed by atoms with Crippen molar-refractivity contribution in [1.82, 2.24) is 5.32 Å². The van der Waals surface area contributed by atoms with Crippen molar-refractivity contribution in [3.63, 3.8) is 0 Å². The number of amides is 1. The van der Waals surface area contributed by atoms with Crippen molar-refractivity contribution >= 4 is 23.6 Å². The minimum atomic E-state index is -1.00. The molecule has 21 heavy (non-hydrogen) atoms. The second-order valence-corrected chi connectivity index (χ2v) is 5.77. The fraction of sp³-hybridized carbons (Fsp3) is 0.375. The Bertz CT molecular complexity index is 531. The first-order valence-electron chi connectivity index (χ1n) is 6.82. The number of carbonyl (C=O) groups is 2. The first-order chi connectivity index (χ1) is 9.76. The van der Waals surface area contributed by atoms with Crippen molar-refractivity contribution in [2.75, 3.05) is 11.9 Å². The van der Waals surface area contributed by atoms with Crippen LogP contribution < -0.4 is 10.6 Å². The second kappa shape index (κ2) is 7.59. The molecule has 3 N–H and O–H groups in total. The van der Waals surface area contributed by atoms with Crippen molar-refractivity contribution in [3.05, 3.63) is 35.9 Å². The summed E-state index contributed by atoms with van der Waals surface area (Å²) in [5.74, 6) is -1.08. The van der Waals surface area contributed by atoms with E-state index in [0.29, 0.717) is 18.7 Å². The molecule has 0 bridgehead atoms. The summed E-state index contributed by atoms with van der Waals surface area (Å²) in [6.07, 6.45) is 2.93. The SMILES string of the molecule is CC(C)(C)NCCC(=O)Nc1cccc(/C=C/C(=O)O)c1. The molecule has 0 atom stereocenters. The third kappa shape index (κ3) is 7.89. The summed E-state index contributed by atoms with van der Waals surface area (Å²) in [5.41, 5.74) is 1.37. The Morgan fingerprint density at radius 3 is 2.62 bits per heavy atom. The summed E-state index contributed by atoms with van der Waals surface area (Å²) in [7, 11) is 0. The standard InChI is InChI=1S/C16H22N2O3/c1-16(2,3)17-10-9-14(19)18-13-6-4-5-12(11-13)7-8-15(20)21/h4-8,11,17H,9-10H2,1-3H3,(H,18,19)(H,20,21)/b8-7+. The van der Waals surface area contributed by atoms with Gasteiger partial charge in [-0.15, -0.1) is 0 Å². The molecular weight excluding hydrogens is 268 g/mol. The van der Waals surface area contributed by atoms with E-state index in [-0.39, 0.29) is 11.4 Å². The van der Waals surface area contributed by atoms with E-state index in [2.05, 4.69) is 10.6 Å². The molecule has 1 aromatic rings. The van der Waals surface area contributed by atoms with E-state index in [4.69, 9.17) is 5.11 Å². The van der Waals surface area contributed by atoms with E-state index in [1.807, 2.05) is 20.8 Å². The lowest BCUT2D eigenvalue weighted by Gasteiger charge is -2.20. The molecule has 0 saturated carbocycles. The van der Waals surface area contributed by atoms with Crippen molar-refractivity contribution in [1.29, 1.82) is 0 Å². The number of hydrogen-bond acceptors (Lipinski definition) is 3. The van der Waals surface area contributed by atoms with Crippen molar-refractivity contribution < 1.29 is 14.7 Å². The molecule has 1 aromatic carbocycles. The number of anilines is 1. The highest BCUT2D eigenvalue weighted by atomic mass is 16.4. The van der Waals surface area contributed by atoms with Gasteiger partial charge in [-0.3, -0.25) is 4.79 Å². The summed E-state index contributed by atoms with van der Waals surface area (Å²) in [4.78, 5) is 22.3. The third-order valence-corrected chi connectivity index (χ3v) is 2.60. The van der Waals surface area contributed by atoms with Crippen LogP contribution in [0.25, 0.3) is 6.08 Å². The number of carboxylic acid groups (broad SMARTS) is 1. The fourth-order valence-electron chi connectivity index (χ4n) is 1.66. The van der Waals surface area contributed by atoms with Crippen molar-refractivity contribution in [3.8, 4) is 0 Å². The lowest BCUT2D eigenvalue weighted by molar-refractivity contribution is -0.131. The van der Waals surface area contributed by atoms with E-state index in [1.165, 1.54) is 6.08 Å². The van der Waals surface area contributed by atoms with Gasteiger partial charge in [0.2, 0.25) is 5.91 Å². The lowest BCUT2D eigenvalue weighted by Crippen LogP contribution is -2.37. The predicted octanol–water partition coefficient (Wildman–Crippen LogP) is 2.50. The quantitative estimate of drug-likeness (QED) is 0.703. The molecule has 1 rings (SSSR count). The first kappa shape index (κ1) is 16.9. The molecule has 0 aromatic heterocycles. The summed E-state index contributed by atoms with van der Waals surface area (Å²) in [6.45, 7) is 6.74. The average molecular weight is 290 g/mol. The number of nitrogens with one attached hydrogen (secondary N) is 2. The minimum absolute atomic E-state index is 0.0121. The molecule has 0 fully saturated rings. The van der Waals surface area contributed by atoms with Crippen LogP contribution in [-0.2, 0) is 9.59 Å². The molecule has 0 aliphatic heterocycles. The van der Waals surface area contributed by atoms with Gasteiger partial charge in [-0.2, -0.15) is 0 Å². The van der Waals surface area contributed by atoms with Gasteiger partial charge >= 0.3 is 5.97 Å². The monoisotopic (exact) mass is 290 g/mol. The minimum Gasteiger partial charge on any atom is -0.478 e. The van der Waals surface area contributed by atoms with E-state index < -0.39 is 5.97 Å². The zero-order chi connectivity index (χ0) is 15.9. The Kier molecular flexibility index (Phi) is 6.11. The van der Waals surface area contributed by atoms with Crippen LogP contribution >= 0.6 is 0 Å². The number of carboxylic acids is 1. The maximum atomic E-state index is 11.8. The smallest absolute Gasteiger partial charge is 0.328 e. The third-order valence-electron chi connectivity index (χ3n) is 2.60. The summed E-state index contributed by atoms with van der Waals surface area (Å²) in [6, 6.07) is 7.04. The summed E-state index contributed by atoms with van der Waals surface area (Å²) < 4.78 is 0. The molecule has 0 heterocycles. The van der Waals surface area contributed by atoms with E-state index in [0.717, 1.165) is 11.6 Å². The average Bonchev–Trinajstić information content (AvgIpc) is 2.35. The van der Waals surface area contributed by atoms with Gasteiger partial charge in [0, 0.05) is 30.3 Å². The number of benzene rings is 1. The Balaban J connectivity index is 2.53. The zero-order valence-electron chi connectivity index (χ0n) is 12.6. The van der Waals surface area contributed by atoms with Crippen LogP contribution in [0.4, 0.5) is 5.69 Å². The van der Waals surface area contributed by atoms with Crippen LogP contribution in [0.1, 0.15) is 32.8 Å². The van der Waals surface area contributed by atoms with Gasteiger partial charge in [0.05, 0.1) is 0 Å². The molecule has 5 heteroatoms. The van der Waals surface area contributed by atoms with Gasteiger partial charge in [-0.25, -0.2) is 4.79 Å². The van der Waals surface area contributed by atoms with E-state index in [1.54, 1.807) is 24.3 Å². The summed E-state index contributed by atoms with van der Waals surface area (Å²) >= 11 is 0. The van der Waals surface area contributed by atoms with Gasteiger partial charge < -0.3 is 15.7 Å². The molecule has 0 spiro atoms. The van der Waals surface area contributed by atoms with Gasteiger partial charge in [-0.1, -0.05) is 12.1 Å². The Morgan fingerprint density at radius 2 is 2.00 bits per heavy atom. The Morgan fingerprint density at radius 1 is 1.29 bits per heavy atom. The van der Waals surface area contributed by atoms with Gasteiger partial charge in [0.25, 0.3) is 0 Å². The number of rotatable bonds is 6. The molecule has 0 aliphatic carbocycles. The maximum Gasteiger partial charge on any atom is 0.328 e. The van der Waals surface area contributed by atoms with Gasteiger partial charge in [-0.05, 0) is 44.5 Å². The molecule has 0 radical (unpaired) electrons. The van der Waals surface area contributed by atoms with Crippen LogP contribution in [0, 0.1) is 0 Å². The summed E-state index contributed by atoms with van der Waals surface area (Å²) in [5, 5.41) is 14.6. The van der Waals surface area contributed by atoms with E-state index >= 15 is 0 Å². The number of hydrogen-bond donors (Lipinski definition) is 3. The fourth-order valence-corrected chi connectivity index (χ4v) is 1.66. The molecule has 114 valence electrons. The van der Waals surface area contributed by atoms with E-state index in [9.17, 15) is 9.59 Å². The highest BCUT2D eigenvalue weighted by Gasteiger charge is 2.09. The topological polar surface area (TPSA) is 78.4 Å². The molecule has 0 saturated heterocycles. The van der Waals surface area contributed by atoms with Crippen LogP contribution in [0.3, 0.4) is 0 Å². The molecule has 1 amide bonds. The number of carbonyl (C=O) groups excluding carboxylic acids is 1. The largest absolute Gasteiger partial charge is 0.478 e. The molecule has 0 aliphatic rings. The van der Waals surface area contributed by atoms with Crippen LogP contribution in [0.5, 0.6) is 0 Å². The Labute approximate surface area is 125 Å². The Hall–Kier alpha value is -2.14. The maximum absolute atomic E-state index is 11.8. The highest BCUT2D eigenvalue weighted by molar-refractivity contribution is 5.91. The molecule has 0 unspecified atom stereocenters. The van der Waals surface area contributed by atoms with Crippen LogP contribution in [0.15, 0.2) is 30.3 Å². The molecule has 5 nitrogen and oxygen atoms in total. The lowest BCUT2D eigenvalue weighted by atomic mass is 10.1. The van der Waals surface area contributed by atoms with Gasteiger partial charge in [0.15, 0.2) is 0 Å². The predicted molar refractivity (Wildman–Crippen MR) is 84.1 cm³/mol. The molecular formula is C16H22N2O3. The zero-order valence-corrected chi connectivity index (χ0v) is 12.6. The van der Waals surface area contributed by atoms with Crippen molar-refractivity contribution in [2.24, 2.45) is 0 Å². The van der Waals surface area contributed by atoms with Crippen LogP contribution in [0.2, 0.25) is 0 Å². The van der Waals surface area contributed by atoms with Gasteiger partial charge in [0.1, 0.15) is 0 Å². The normalized spacial score (nSPS) is 11.6. The first-order valence-corrected chi connectivity index (χ1v) is 6.82.